The molecule has 6 nitrogen and oxygen atoms in total. The number of hydrogen-bond donors (Lipinski definition) is 2. The van der Waals surface area contributed by atoms with Crippen molar-refractivity contribution in [3.05, 3.63) is 70.1 Å². The molecule has 0 spiro atoms. The van der Waals surface area contributed by atoms with Crippen molar-refractivity contribution in [2.45, 2.75) is 0 Å². The molecule has 0 aliphatic carbocycles. The van der Waals surface area contributed by atoms with Gasteiger partial charge in [-0.15, -0.1) is 0 Å². The zero-order chi connectivity index (χ0) is 16.4. The van der Waals surface area contributed by atoms with Gasteiger partial charge in [0.15, 0.2) is 0 Å². The van der Waals surface area contributed by atoms with E-state index in [9.17, 15) is 14.7 Å². The molecule has 0 saturated heterocycles. The normalized spacial score (nSPS) is 11.1. The van der Waals surface area contributed by atoms with Crippen LogP contribution in [0.25, 0.3) is 11.0 Å². The van der Waals surface area contributed by atoms with E-state index in [0.717, 1.165) is 0 Å². The molecule has 0 aliphatic rings. The van der Waals surface area contributed by atoms with Crippen LogP contribution in [0.4, 0.5) is 5.69 Å². The van der Waals surface area contributed by atoms with Crippen molar-refractivity contribution in [1.29, 1.82) is 0 Å². The summed E-state index contributed by atoms with van der Waals surface area (Å²) in [6.45, 7) is 0. The molecular formula is C17H12N2O4. The fourth-order valence-electron chi connectivity index (χ4n) is 2.11. The number of carbonyl (C=O) groups is 1. The summed E-state index contributed by atoms with van der Waals surface area (Å²) in [7, 11) is 0. The second-order valence-electron chi connectivity index (χ2n) is 4.82. The van der Waals surface area contributed by atoms with Crippen LogP contribution >= 0.6 is 0 Å². The van der Waals surface area contributed by atoms with Crippen molar-refractivity contribution in [3.63, 3.8) is 0 Å². The van der Waals surface area contributed by atoms with E-state index in [-0.39, 0.29) is 11.3 Å². The molecule has 3 rings (SSSR count). The van der Waals surface area contributed by atoms with E-state index in [1.54, 1.807) is 36.4 Å². The average Bonchev–Trinajstić information content (AvgIpc) is 2.55. The van der Waals surface area contributed by atoms with E-state index in [1.165, 1.54) is 18.3 Å². The maximum Gasteiger partial charge on any atom is 0.348 e. The lowest BCUT2D eigenvalue weighted by Crippen LogP contribution is -2.10. The number of para-hydroxylation sites is 1. The van der Waals surface area contributed by atoms with Gasteiger partial charge in [-0.1, -0.05) is 12.1 Å². The van der Waals surface area contributed by atoms with Gasteiger partial charge >= 0.3 is 5.63 Å². The van der Waals surface area contributed by atoms with E-state index in [1.807, 2.05) is 0 Å². The number of rotatable bonds is 3. The molecule has 0 aliphatic heterocycles. The molecule has 0 fully saturated rings. The topological polar surface area (TPSA) is 106 Å². The molecule has 0 radical (unpaired) electrons. The smallest absolute Gasteiger partial charge is 0.348 e. The molecule has 3 aromatic rings. The predicted molar refractivity (Wildman–Crippen MR) is 86.4 cm³/mol. The van der Waals surface area contributed by atoms with Crippen molar-refractivity contribution < 1.29 is 14.3 Å². The quantitative estimate of drug-likeness (QED) is 0.572. The van der Waals surface area contributed by atoms with E-state index in [4.69, 9.17) is 10.2 Å². The van der Waals surface area contributed by atoms with Crippen LogP contribution in [0.3, 0.4) is 0 Å². The molecule has 0 atom stereocenters. The molecule has 1 amide bonds. The summed E-state index contributed by atoms with van der Waals surface area (Å²) in [6.07, 6.45) is 1.23. The number of aliphatic imine (C=N–C) groups is 1. The number of amides is 1. The van der Waals surface area contributed by atoms with Gasteiger partial charge < -0.3 is 15.3 Å². The number of nitrogens with zero attached hydrogens (tertiary/aromatic N) is 1. The number of nitrogens with two attached hydrogens (primary N) is 1. The van der Waals surface area contributed by atoms with Gasteiger partial charge in [0.2, 0.25) is 5.91 Å². The second kappa shape index (κ2) is 5.76. The van der Waals surface area contributed by atoms with Crippen LogP contribution in [0.2, 0.25) is 0 Å². The third-order valence-corrected chi connectivity index (χ3v) is 3.31. The highest BCUT2D eigenvalue weighted by Gasteiger charge is 2.11. The summed E-state index contributed by atoms with van der Waals surface area (Å²) in [5, 5.41) is 10.6. The molecule has 1 aromatic heterocycles. The van der Waals surface area contributed by atoms with E-state index < -0.39 is 11.5 Å². The lowest BCUT2D eigenvalue weighted by molar-refractivity contribution is 0.100. The van der Waals surface area contributed by atoms with Gasteiger partial charge in [-0.3, -0.25) is 9.79 Å². The van der Waals surface area contributed by atoms with E-state index in [2.05, 4.69) is 4.99 Å². The van der Waals surface area contributed by atoms with Gasteiger partial charge in [-0.05, 0) is 36.4 Å². The SMILES string of the molecule is NC(=O)c1ccc(N=Cc2c(O)c3ccccc3oc2=O)cc1. The van der Waals surface area contributed by atoms with Crippen LogP contribution in [0.1, 0.15) is 15.9 Å². The van der Waals surface area contributed by atoms with Crippen molar-refractivity contribution >= 4 is 28.8 Å². The highest BCUT2D eigenvalue weighted by Crippen LogP contribution is 2.25. The third kappa shape index (κ3) is 2.82. The first kappa shape index (κ1) is 14.5. The number of carbonyl (C=O) groups excluding carboxylic acids is 1. The molecule has 6 heteroatoms. The summed E-state index contributed by atoms with van der Waals surface area (Å²) in [5.74, 6) is -0.720. The molecule has 1 heterocycles. The molecule has 0 saturated carbocycles. The largest absolute Gasteiger partial charge is 0.506 e. The summed E-state index contributed by atoms with van der Waals surface area (Å²) < 4.78 is 5.14. The Hall–Kier alpha value is -3.41. The fourth-order valence-corrected chi connectivity index (χ4v) is 2.11. The highest BCUT2D eigenvalue weighted by atomic mass is 16.4. The number of hydrogen-bond acceptors (Lipinski definition) is 5. The molecule has 0 bridgehead atoms. The van der Waals surface area contributed by atoms with Gasteiger partial charge in [0.05, 0.1) is 11.1 Å². The maximum atomic E-state index is 11.9. The second-order valence-corrected chi connectivity index (χ2v) is 4.82. The van der Waals surface area contributed by atoms with Gasteiger partial charge in [0.1, 0.15) is 16.9 Å². The molecule has 0 unspecified atom stereocenters. The first-order valence-corrected chi connectivity index (χ1v) is 6.75. The lowest BCUT2D eigenvalue weighted by Gasteiger charge is -2.02. The summed E-state index contributed by atoms with van der Waals surface area (Å²) >= 11 is 0. The van der Waals surface area contributed by atoms with Gasteiger partial charge in [-0.2, -0.15) is 0 Å². The Morgan fingerprint density at radius 3 is 2.52 bits per heavy atom. The highest BCUT2D eigenvalue weighted by molar-refractivity contribution is 5.95. The Morgan fingerprint density at radius 2 is 1.83 bits per heavy atom. The molecule has 3 N–H and O–H groups in total. The van der Waals surface area contributed by atoms with Crippen molar-refractivity contribution in [3.8, 4) is 5.75 Å². The zero-order valence-corrected chi connectivity index (χ0v) is 11.9. The Balaban J connectivity index is 2.00. The number of benzene rings is 2. The maximum absolute atomic E-state index is 11.9. The van der Waals surface area contributed by atoms with Crippen molar-refractivity contribution in [1.82, 2.24) is 0 Å². The third-order valence-electron chi connectivity index (χ3n) is 3.31. The van der Waals surface area contributed by atoms with Crippen molar-refractivity contribution in [2.75, 3.05) is 0 Å². The number of aromatic hydroxyl groups is 1. The first-order chi connectivity index (χ1) is 11.1. The first-order valence-electron chi connectivity index (χ1n) is 6.75. The van der Waals surface area contributed by atoms with Crippen LogP contribution in [0.15, 0.2) is 62.7 Å². The van der Waals surface area contributed by atoms with E-state index in [0.29, 0.717) is 22.2 Å². The minimum Gasteiger partial charge on any atom is -0.506 e. The minimum absolute atomic E-state index is 0.0392. The Morgan fingerprint density at radius 1 is 1.13 bits per heavy atom. The summed E-state index contributed by atoms with van der Waals surface area (Å²) in [6, 6.07) is 12.9. The Bertz CT molecular complexity index is 972. The van der Waals surface area contributed by atoms with E-state index >= 15 is 0 Å². The van der Waals surface area contributed by atoms with Gasteiger partial charge in [0.25, 0.3) is 0 Å². The standard InChI is InChI=1S/C17H12N2O4/c18-16(21)10-5-7-11(8-6-10)19-9-13-15(20)12-3-1-2-4-14(12)23-17(13)22/h1-9,20H,(H2,18,21). The average molecular weight is 308 g/mol. The van der Waals surface area contributed by atoms with Crippen LogP contribution < -0.4 is 11.4 Å². The molecule has 23 heavy (non-hydrogen) atoms. The molecule has 2 aromatic carbocycles. The van der Waals surface area contributed by atoms with Gasteiger partial charge in [0, 0.05) is 11.8 Å². The van der Waals surface area contributed by atoms with Crippen LogP contribution in [-0.4, -0.2) is 17.2 Å². The molecule has 114 valence electrons. The Labute approximate surface area is 130 Å². The Kier molecular flexibility index (Phi) is 3.64. The minimum atomic E-state index is -0.682. The number of fused-ring (bicyclic) bond motifs is 1. The fraction of sp³-hybridized carbons (Fsp3) is 0. The van der Waals surface area contributed by atoms with Crippen LogP contribution in [0, 0.1) is 0 Å². The number of primary amides is 1. The summed E-state index contributed by atoms with van der Waals surface area (Å²) in [5.41, 5.74) is 5.60. The van der Waals surface area contributed by atoms with Crippen LogP contribution in [0.5, 0.6) is 5.75 Å². The lowest BCUT2D eigenvalue weighted by atomic mass is 10.1. The predicted octanol–water partition coefficient (Wildman–Crippen LogP) is 2.35. The van der Waals surface area contributed by atoms with Gasteiger partial charge in [-0.25, -0.2) is 4.79 Å². The van der Waals surface area contributed by atoms with Crippen LogP contribution in [-0.2, 0) is 0 Å². The summed E-state index contributed by atoms with van der Waals surface area (Å²) in [4.78, 5) is 27.1. The zero-order valence-electron chi connectivity index (χ0n) is 11.9. The van der Waals surface area contributed by atoms with Crippen molar-refractivity contribution in [2.24, 2.45) is 10.7 Å². The monoisotopic (exact) mass is 308 g/mol. The molecular weight excluding hydrogens is 296 g/mol.